The van der Waals surface area contributed by atoms with Gasteiger partial charge in [-0.2, -0.15) is 0 Å². The van der Waals surface area contributed by atoms with Crippen LogP contribution in [0.25, 0.3) is 0 Å². The van der Waals surface area contributed by atoms with Gasteiger partial charge in [0.25, 0.3) is 0 Å². The number of hydrogen-bond donors (Lipinski definition) is 0. The third-order valence-electron chi connectivity index (χ3n) is 2.39. The van der Waals surface area contributed by atoms with Gasteiger partial charge in [0.2, 0.25) is 0 Å². The first kappa shape index (κ1) is 15.9. The van der Waals surface area contributed by atoms with Gasteiger partial charge in [0, 0.05) is 6.61 Å². The Hall–Kier alpha value is -0.123. The maximum atomic E-state index is 5.86. The summed E-state index contributed by atoms with van der Waals surface area (Å²) in [5, 5.41) is 0. The van der Waals surface area contributed by atoms with E-state index in [1.54, 1.807) is 0 Å². The molecule has 0 spiro atoms. The Balaban J connectivity index is 3.39. The van der Waals surface area contributed by atoms with Crippen molar-refractivity contribution in [2.75, 3.05) is 6.61 Å². The molecule has 2 nitrogen and oxygen atoms in total. The average Bonchev–Trinajstić information content (AvgIpc) is 2.30. The van der Waals surface area contributed by atoms with Crippen LogP contribution in [-0.4, -0.2) is 22.7 Å². The van der Waals surface area contributed by atoms with E-state index in [1.165, 1.54) is 18.9 Å². The molecule has 0 aliphatic heterocycles. The van der Waals surface area contributed by atoms with E-state index in [0.717, 1.165) is 32.3 Å². The number of rotatable bonds is 12. The molecule has 1 atom stereocenters. The van der Waals surface area contributed by atoms with Crippen molar-refractivity contribution >= 4 is 9.76 Å². The van der Waals surface area contributed by atoms with Crippen LogP contribution in [0.3, 0.4) is 0 Å². The van der Waals surface area contributed by atoms with Crippen molar-refractivity contribution in [2.24, 2.45) is 0 Å². The van der Waals surface area contributed by atoms with Gasteiger partial charge in [0.15, 0.2) is 9.76 Å². The molecule has 0 fully saturated rings. The third kappa shape index (κ3) is 10.4. The minimum absolute atomic E-state index is 0.0796. The maximum absolute atomic E-state index is 5.86. The van der Waals surface area contributed by atoms with Gasteiger partial charge in [-0.1, -0.05) is 39.2 Å². The van der Waals surface area contributed by atoms with E-state index in [-0.39, 0.29) is 16.1 Å². The Labute approximate surface area is 103 Å². The first-order chi connectivity index (χ1) is 7.85. The van der Waals surface area contributed by atoms with E-state index in [1.807, 2.05) is 6.08 Å². The monoisotopic (exact) mass is 244 g/mol. The van der Waals surface area contributed by atoms with Crippen LogP contribution in [-0.2, 0) is 9.16 Å². The molecule has 3 heteroatoms. The van der Waals surface area contributed by atoms with E-state index < -0.39 is 0 Å². The lowest BCUT2D eigenvalue weighted by molar-refractivity contribution is -0.0840. The molecule has 0 aromatic rings. The van der Waals surface area contributed by atoms with Crippen molar-refractivity contribution in [3.05, 3.63) is 12.7 Å². The summed E-state index contributed by atoms with van der Waals surface area (Å²) in [6, 6.07) is 1.27. The molecule has 0 amide bonds. The van der Waals surface area contributed by atoms with Crippen LogP contribution in [0.1, 0.15) is 52.4 Å². The zero-order valence-corrected chi connectivity index (χ0v) is 12.5. The molecule has 0 saturated heterocycles. The van der Waals surface area contributed by atoms with Gasteiger partial charge in [-0.15, -0.1) is 6.58 Å². The lowest BCUT2D eigenvalue weighted by Crippen LogP contribution is -2.19. The highest BCUT2D eigenvalue weighted by atomic mass is 28.2. The second-order valence-electron chi connectivity index (χ2n) is 4.10. The fourth-order valence-electron chi connectivity index (χ4n) is 1.48. The Bertz CT molecular complexity index is 151. The maximum Gasteiger partial charge on any atom is 0.165 e. The predicted molar refractivity (Wildman–Crippen MR) is 73.4 cm³/mol. The topological polar surface area (TPSA) is 18.5 Å². The van der Waals surface area contributed by atoms with Crippen LogP contribution in [0.15, 0.2) is 12.7 Å². The molecular formula is C13H28O2Si. The molecule has 0 rings (SSSR count). The number of hydrogen-bond acceptors (Lipinski definition) is 2. The van der Waals surface area contributed by atoms with Crippen molar-refractivity contribution in [1.29, 1.82) is 0 Å². The molecule has 96 valence electrons. The molecular weight excluding hydrogens is 216 g/mol. The Morgan fingerprint density at radius 2 is 2.06 bits per heavy atom. The smallest absolute Gasteiger partial charge is 0.165 e. The van der Waals surface area contributed by atoms with E-state index in [0.29, 0.717) is 0 Å². The zero-order chi connectivity index (χ0) is 12.1. The summed E-state index contributed by atoms with van der Waals surface area (Å²) in [6.45, 7) is 8.87. The molecule has 1 unspecified atom stereocenters. The lowest BCUT2D eigenvalue weighted by Gasteiger charge is -2.17. The minimum Gasteiger partial charge on any atom is -0.400 e. The van der Waals surface area contributed by atoms with Crippen molar-refractivity contribution < 1.29 is 9.16 Å². The normalized spacial score (nSPS) is 13.4. The zero-order valence-electron chi connectivity index (χ0n) is 11.0. The molecule has 0 bridgehead atoms. The summed E-state index contributed by atoms with van der Waals surface area (Å²) < 4.78 is 11.5. The van der Waals surface area contributed by atoms with E-state index in [4.69, 9.17) is 9.16 Å². The minimum atomic E-state index is -0.372. The van der Waals surface area contributed by atoms with Gasteiger partial charge in [0.1, 0.15) is 6.29 Å². The summed E-state index contributed by atoms with van der Waals surface area (Å²) in [4.78, 5) is 0. The lowest BCUT2D eigenvalue weighted by atomic mass is 10.2. The van der Waals surface area contributed by atoms with Crippen molar-refractivity contribution in [2.45, 2.75) is 64.7 Å². The SMILES string of the molecule is C=CCCCC[SiH2]OC(CCC)OCCC. The first-order valence-electron chi connectivity index (χ1n) is 6.69. The van der Waals surface area contributed by atoms with Crippen LogP contribution >= 0.6 is 0 Å². The molecule has 0 aromatic carbocycles. The second kappa shape index (κ2) is 12.9. The van der Waals surface area contributed by atoms with E-state index >= 15 is 0 Å². The number of unbranched alkanes of at least 4 members (excludes halogenated alkanes) is 2. The molecule has 0 aliphatic carbocycles. The van der Waals surface area contributed by atoms with Crippen LogP contribution in [0.2, 0.25) is 6.04 Å². The molecule has 0 heterocycles. The predicted octanol–water partition coefficient (Wildman–Crippen LogP) is 3.41. The molecule has 0 aliphatic rings. The molecule has 0 aromatic heterocycles. The molecule has 0 N–H and O–H groups in total. The van der Waals surface area contributed by atoms with Crippen LogP contribution in [0.4, 0.5) is 0 Å². The summed E-state index contributed by atoms with van der Waals surface area (Å²) in [6.07, 6.45) is 9.00. The van der Waals surface area contributed by atoms with Gasteiger partial charge in [-0.25, -0.2) is 0 Å². The Morgan fingerprint density at radius 3 is 2.69 bits per heavy atom. The molecule has 16 heavy (non-hydrogen) atoms. The Morgan fingerprint density at radius 1 is 1.25 bits per heavy atom. The summed E-state index contributed by atoms with van der Waals surface area (Å²) in [7, 11) is -0.372. The highest BCUT2D eigenvalue weighted by molar-refractivity contribution is 6.27. The summed E-state index contributed by atoms with van der Waals surface area (Å²) in [5.74, 6) is 0. The highest BCUT2D eigenvalue weighted by Crippen LogP contribution is 2.07. The Kier molecular flexibility index (Phi) is 12.8. The summed E-state index contributed by atoms with van der Waals surface area (Å²) in [5.41, 5.74) is 0. The van der Waals surface area contributed by atoms with Gasteiger partial charge < -0.3 is 9.16 Å². The molecule has 0 radical (unpaired) electrons. The second-order valence-corrected chi connectivity index (χ2v) is 5.55. The van der Waals surface area contributed by atoms with Crippen molar-refractivity contribution in [3.63, 3.8) is 0 Å². The van der Waals surface area contributed by atoms with Crippen LogP contribution in [0, 0.1) is 0 Å². The van der Waals surface area contributed by atoms with E-state index in [2.05, 4.69) is 20.4 Å². The number of allylic oxidation sites excluding steroid dienone is 1. The van der Waals surface area contributed by atoms with E-state index in [9.17, 15) is 0 Å². The highest BCUT2D eigenvalue weighted by Gasteiger charge is 2.06. The van der Waals surface area contributed by atoms with Gasteiger partial charge >= 0.3 is 0 Å². The average molecular weight is 244 g/mol. The van der Waals surface area contributed by atoms with Crippen LogP contribution < -0.4 is 0 Å². The fraction of sp³-hybridized carbons (Fsp3) is 0.846. The van der Waals surface area contributed by atoms with Gasteiger partial charge in [-0.05, 0) is 25.3 Å². The molecule has 0 saturated carbocycles. The summed E-state index contributed by atoms with van der Waals surface area (Å²) >= 11 is 0. The quantitative estimate of drug-likeness (QED) is 0.227. The van der Waals surface area contributed by atoms with Crippen LogP contribution in [0.5, 0.6) is 0 Å². The van der Waals surface area contributed by atoms with Crippen molar-refractivity contribution in [1.82, 2.24) is 0 Å². The number of ether oxygens (including phenoxy) is 1. The van der Waals surface area contributed by atoms with Gasteiger partial charge in [-0.3, -0.25) is 0 Å². The fourth-order valence-corrected chi connectivity index (χ4v) is 2.73. The third-order valence-corrected chi connectivity index (χ3v) is 3.78. The largest absolute Gasteiger partial charge is 0.400 e. The van der Waals surface area contributed by atoms with Crippen molar-refractivity contribution in [3.8, 4) is 0 Å². The van der Waals surface area contributed by atoms with Gasteiger partial charge in [0.05, 0.1) is 0 Å². The standard InChI is InChI=1S/C13H28O2Si/c1-4-7-8-9-12-16-15-13(10-5-2)14-11-6-3/h4,13H,1,5-12,16H2,2-3H3. The first-order valence-corrected chi connectivity index (χ1v) is 8.27.